The number of carbonyl (C=O) groups is 2. The molecule has 26 heavy (non-hydrogen) atoms. The minimum absolute atomic E-state index is 0.208. The van der Waals surface area contributed by atoms with Crippen LogP contribution in [0.3, 0.4) is 0 Å². The Morgan fingerprint density at radius 3 is 2.65 bits per heavy atom. The molecule has 3 aliphatic heterocycles. The lowest BCUT2D eigenvalue weighted by Gasteiger charge is -2.33. The number of nitrogens with zero attached hydrogens (tertiary/aromatic N) is 1. The summed E-state index contributed by atoms with van der Waals surface area (Å²) >= 11 is 0. The minimum atomic E-state index is -0.995. The lowest BCUT2D eigenvalue weighted by Crippen LogP contribution is -2.45. The second-order valence-electron chi connectivity index (χ2n) is 7.22. The first-order valence-electron chi connectivity index (χ1n) is 8.60. The third-order valence-corrected chi connectivity index (χ3v) is 5.60. The monoisotopic (exact) mass is 355 g/mol. The number of hydrogen-bond acceptors (Lipinski definition) is 4. The smallest absolute Gasteiger partial charge is 0.310 e. The lowest BCUT2D eigenvalue weighted by molar-refractivity contribution is -0.146. The Balaban J connectivity index is 1.81. The highest BCUT2D eigenvalue weighted by Crippen LogP contribution is 2.56. The van der Waals surface area contributed by atoms with Crippen molar-refractivity contribution in [3.8, 4) is 5.75 Å². The quantitative estimate of drug-likeness (QED) is 0.821. The number of benzene rings is 1. The molecule has 2 bridgehead atoms. The molecule has 1 aromatic rings. The summed E-state index contributed by atoms with van der Waals surface area (Å²) in [5.41, 5.74) is 0.704. The molecule has 3 aliphatic rings. The number of fused-ring (bicyclic) bond motifs is 1. The number of hydrogen-bond donors (Lipinski definition) is 1. The molecule has 0 aliphatic carbocycles. The van der Waals surface area contributed by atoms with Crippen molar-refractivity contribution in [3.63, 3.8) is 0 Å². The van der Waals surface area contributed by atoms with Crippen molar-refractivity contribution < 1.29 is 24.2 Å². The van der Waals surface area contributed by atoms with Gasteiger partial charge in [0.2, 0.25) is 5.91 Å². The Labute approximate surface area is 151 Å². The van der Waals surface area contributed by atoms with E-state index in [2.05, 4.69) is 6.58 Å². The Kier molecular flexibility index (Phi) is 3.70. The molecule has 0 radical (unpaired) electrons. The maximum atomic E-state index is 13.3. The van der Waals surface area contributed by atoms with Crippen LogP contribution in [0.1, 0.15) is 13.3 Å². The third-order valence-electron chi connectivity index (χ3n) is 5.60. The number of rotatable bonds is 5. The molecular weight excluding hydrogens is 334 g/mol. The minimum Gasteiger partial charge on any atom is -0.497 e. The topological polar surface area (TPSA) is 76.1 Å². The predicted molar refractivity (Wildman–Crippen MR) is 95.1 cm³/mol. The zero-order valence-electron chi connectivity index (χ0n) is 14.7. The molecule has 0 saturated carbocycles. The van der Waals surface area contributed by atoms with Crippen LogP contribution in [0.5, 0.6) is 5.75 Å². The molecule has 1 spiro atoms. The zero-order valence-corrected chi connectivity index (χ0v) is 14.7. The van der Waals surface area contributed by atoms with Crippen LogP contribution in [0, 0.1) is 11.8 Å². The van der Waals surface area contributed by atoms with Gasteiger partial charge in [-0.2, -0.15) is 0 Å². The lowest BCUT2D eigenvalue weighted by atomic mass is 9.74. The van der Waals surface area contributed by atoms with E-state index in [1.54, 1.807) is 30.2 Å². The Bertz CT molecular complexity index is 814. The molecule has 1 N–H and O–H groups in total. The predicted octanol–water partition coefficient (Wildman–Crippen LogP) is 2.40. The van der Waals surface area contributed by atoms with Gasteiger partial charge in [0.25, 0.3) is 0 Å². The van der Waals surface area contributed by atoms with Gasteiger partial charge < -0.3 is 19.5 Å². The molecule has 5 atom stereocenters. The molecule has 2 fully saturated rings. The van der Waals surface area contributed by atoms with Gasteiger partial charge in [0.1, 0.15) is 17.3 Å². The van der Waals surface area contributed by atoms with Gasteiger partial charge in [-0.1, -0.05) is 17.7 Å². The van der Waals surface area contributed by atoms with Crippen molar-refractivity contribution >= 4 is 17.6 Å². The SMILES string of the molecule is C=C(C)C[C@@H]1N(c2ccc(OC)cc2)C(=O)[C@H]2[C@@H](C(=O)O)[C@H]3C=C[C@@]12O3. The standard InChI is InChI=1S/C20H21NO5/c1-11(2)10-15-20-9-8-14(26-20)16(19(23)24)17(20)18(22)21(15)12-4-6-13(25-3)7-5-12/h4-9,14-17H,1,10H2,2-3H3,(H,23,24)/t14-,15+,16+,17-,20-/m1/s1. The summed E-state index contributed by atoms with van der Waals surface area (Å²) < 4.78 is 11.3. The summed E-state index contributed by atoms with van der Waals surface area (Å²) in [6.07, 6.45) is 3.66. The summed E-state index contributed by atoms with van der Waals surface area (Å²) in [4.78, 5) is 26.8. The second-order valence-corrected chi connectivity index (χ2v) is 7.22. The highest BCUT2D eigenvalue weighted by molar-refractivity contribution is 6.03. The summed E-state index contributed by atoms with van der Waals surface area (Å²) in [7, 11) is 1.58. The first-order valence-corrected chi connectivity index (χ1v) is 8.60. The fourth-order valence-electron chi connectivity index (χ4n) is 4.56. The summed E-state index contributed by atoms with van der Waals surface area (Å²) in [6.45, 7) is 5.90. The number of ether oxygens (including phenoxy) is 2. The molecule has 2 saturated heterocycles. The van der Waals surface area contributed by atoms with Crippen LogP contribution in [0.15, 0.2) is 48.6 Å². The van der Waals surface area contributed by atoms with Crippen molar-refractivity contribution in [3.05, 3.63) is 48.6 Å². The van der Waals surface area contributed by atoms with Crippen molar-refractivity contribution in [2.75, 3.05) is 12.0 Å². The van der Waals surface area contributed by atoms with E-state index in [-0.39, 0.29) is 11.9 Å². The number of carboxylic acids is 1. The summed E-state index contributed by atoms with van der Waals surface area (Å²) in [5, 5.41) is 9.67. The highest BCUT2D eigenvalue weighted by atomic mass is 16.5. The largest absolute Gasteiger partial charge is 0.497 e. The van der Waals surface area contributed by atoms with E-state index in [0.29, 0.717) is 17.9 Å². The van der Waals surface area contributed by atoms with Crippen LogP contribution < -0.4 is 9.64 Å². The average molecular weight is 355 g/mol. The molecule has 0 unspecified atom stereocenters. The molecule has 6 heteroatoms. The van der Waals surface area contributed by atoms with Gasteiger partial charge in [-0.05, 0) is 37.6 Å². The van der Waals surface area contributed by atoms with E-state index in [9.17, 15) is 14.7 Å². The zero-order chi connectivity index (χ0) is 18.6. The summed E-state index contributed by atoms with van der Waals surface area (Å²) in [6, 6.07) is 6.87. The Morgan fingerprint density at radius 2 is 2.08 bits per heavy atom. The van der Waals surface area contributed by atoms with Crippen molar-refractivity contribution in [1.82, 2.24) is 0 Å². The van der Waals surface area contributed by atoms with Gasteiger partial charge in [0.05, 0.1) is 25.2 Å². The highest BCUT2D eigenvalue weighted by Gasteiger charge is 2.71. The molecule has 1 aromatic carbocycles. The third kappa shape index (κ3) is 2.15. The maximum absolute atomic E-state index is 13.3. The van der Waals surface area contributed by atoms with Gasteiger partial charge >= 0.3 is 5.97 Å². The Hall–Kier alpha value is -2.60. The van der Waals surface area contributed by atoms with Crippen molar-refractivity contribution in [2.24, 2.45) is 11.8 Å². The molecule has 1 amide bonds. The molecule has 136 valence electrons. The fourth-order valence-corrected chi connectivity index (χ4v) is 4.56. The molecule has 3 heterocycles. The van der Waals surface area contributed by atoms with Crippen molar-refractivity contribution in [2.45, 2.75) is 31.1 Å². The van der Waals surface area contributed by atoms with Crippen LogP contribution >= 0.6 is 0 Å². The fraction of sp³-hybridized carbons (Fsp3) is 0.400. The molecule has 0 aromatic heterocycles. The maximum Gasteiger partial charge on any atom is 0.310 e. The average Bonchev–Trinajstić information content (AvgIpc) is 3.24. The molecule has 6 nitrogen and oxygen atoms in total. The second kappa shape index (κ2) is 5.71. The van der Waals surface area contributed by atoms with Gasteiger partial charge in [-0.25, -0.2) is 0 Å². The number of carbonyl (C=O) groups excluding carboxylic acids is 1. The summed E-state index contributed by atoms with van der Waals surface area (Å²) in [5.74, 6) is -2.09. The van der Waals surface area contributed by atoms with Gasteiger partial charge in [0.15, 0.2) is 0 Å². The van der Waals surface area contributed by atoms with E-state index in [4.69, 9.17) is 9.47 Å². The molecule has 4 rings (SSSR count). The van der Waals surface area contributed by atoms with Gasteiger partial charge in [0, 0.05) is 5.69 Å². The van der Waals surface area contributed by atoms with Crippen LogP contribution in [0.25, 0.3) is 0 Å². The van der Waals surface area contributed by atoms with E-state index in [0.717, 1.165) is 5.57 Å². The van der Waals surface area contributed by atoms with Crippen molar-refractivity contribution in [1.29, 1.82) is 0 Å². The van der Waals surface area contributed by atoms with Crippen LogP contribution in [0.4, 0.5) is 5.69 Å². The van der Waals surface area contributed by atoms with E-state index in [1.807, 2.05) is 25.1 Å². The number of amides is 1. The molecular formula is C20H21NO5. The Morgan fingerprint density at radius 1 is 1.38 bits per heavy atom. The first kappa shape index (κ1) is 16.8. The van der Waals surface area contributed by atoms with Crippen LogP contribution in [0.2, 0.25) is 0 Å². The normalized spacial score (nSPS) is 34.2. The van der Waals surface area contributed by atoms with Crippen LogP contribution in [-0.4, -0.2) is 41.8 Å². The number of aliphatic carboxylic acids is 1. The van der Waals surface area contributed by atoms with Crippen LogP contribution in [-0.2, 0) is 14.3 Å². The van der Waals surface area contributed by atoms with E-state index in [1.165, 1.54) is 0 Å². The van der Waals surface area contributed by atoms with E-state index < -0.39 is 29.5 Å². The van der Waals surface area contributed by atoms with Gasteiger partial charge in [-0.15, -0.1) is 6.58 Å². The van der Waals surface area contributed by atoms with Gasteiger partial charge in [-0.3, -0.25) is 9.59 Å². The number of methoxy groups -OCH3 is 1. The number of carboxylic acid groups (broad SMARTS) is 1. The number of anilines is 1. The first-order chi connectivity index (χ1) is 12.4. The van der Waals surface area contributed by atoms with E-state index >= 15 is 0 Å².